The van der Waals surface area contributed by atoms with Gasteiger partial charge in [0, 0.05) is 6.42 Å². The van der Waals surface area contributed by atoms with E-state index in [4.69, 9.17) is 0 Å². The molecule has 1 aliphatic carbocycles. The average Bonchev–Trinajstić information content (AvgIpc) is 2.48. The fraction of sp³-hybridized carbons (Fsp3) is 0.412. The van der Waals surface area contributed by atoms with E-state index < -0.39 is 0 Å². The molecule has 3 heteroatoms. The predicted molar refractivity (Wildman–Crippen MR) is 79.8 cm³/mol. The van der Waals surface area contributed by atoms with Crippen LogP contribution >= 0.6 is 0 Å². The van der Waals surface area contributed by atoms with E-state index in [2.05, 4.69) is 5.32 Å². The lowest BCUT2D eigenvalue weighted by atomic mass is 9.87. The van der Waals surface area contributed by atoms with Crippen LogP contribution in [0.4, 0.5) is 0 Å². The molecule has 1 amide bonds. The van der Waals surface area contributed by atoms with Crippen molar-refractivity contribution in [1.82, 2.24) is 5.32 Å². The van der Waals surface area contributed by atoms with Gasteiger partial charge < -0.3 is 5.32 Å². The van der Waals surface area contributed by atoms with Crippen molar-refractivity contribution < 1.29 is 9.59 Å². The van der Waals surface area contributed by atoms with Crippen LogP contribution in [-0.2, 0) is 9.59 Å². The molecule has 0 radical (unpaired) electrons. The highest BCUT2D eigenvalue weighted by Gasteiger charge is 2.17. The molecule has 1 saturated carbocycles. The molecule has 1 fully saturated rings. The average molecular weight is 271 g/mol. The van der Waals surface area contributed by atoms with Gasteiger partial charge in [-0.2, -0.15) is 0 Å². The fourth-order valence-electron chi connectivity index (χ4n) is 2.69. The molecule has 106 valence electrons. The summed E-state index contributed by atoms with van der Waals surface area (Å²) in [5, 5.41) is 2.72. The third-order valence-electron chi connectivity index (χ3n) is 3.73. The van der Waals surface area contributed by atoms with Gasteiger partial charge in [-0.15, -0.1) is 0 Å². The van der Waals surface area contributed by atoms with Crippen LogP contribution in [0.25, 0.3) is 6.08 Å². The summed E-state index contributed by atoms with van der Waals surface area (Å²) in [6, 6.07) is 9.52. The van der Waals surface area contributed by atoms with Gasteiger partial charge in [-0.05, 0) is 30.4 Å². The molecule has 0 aromatic heterocycles. The van der Waals surface area contributed by atoms with Crippen molar-refractivity contribution in [2.75, 3.05) is 0 Å². The summed E-state index contributed by atoms with van der Waals surface area (Å²) in [6.07, 6.45) is 8.91. The van der Waals surface area contributed by atoms with Gasteiger partial charge in [-0.3, -0.25) is 9.59 Å². The second-order valence-corrected chi connectivity index (χ2v) is 5.38. The van der Waals surface area contributed by atoms with Gasteiger partial charge in [0.25, 0.3) is 0 Å². The lowest BCUT2D eigenvalue weighted by Crippen LogP contribution is -2.26. The van der Waals surface area contributed by atoms with E-state index in [1.165, 1.54) is 19.3 Å². The summed E-state index contributed by atoms with van der Waals surface area (Å²) in [4.78, 5) is 23.0. The van der Waals surface area contributed by atoms with Crippen LogP contribution in [-0.4, -0.2) is 12.2 Å². The summed E-state index contributed by atoms with van der Waals surface area (Å²) in [5.41, 5.74) is 1.24. The first-order valence-corrected chi connectivity index (χ1v) is 7.29. The van der Waals surface area contributed by atoms with Crippen molar-refractivity contribution in [1.29, 1.82) is 0 Å². The Labute approximate surface area is 120 Å². The minimum Gasteiger partial charge on any atom is -0.323 e. The second-order valence-electron chi connectivity index (χ2n) is 5.38. The van der Waals surface area contributed by atoms with Crippen molar-refractivity contribution in [3.63, 3.8) is 0 Å². The number of benzene rings is 1. The number of hydrogen-bond donors (Lipinski definition) is 1. The third kappa shape index (κ3) is 4.65. The first-order valence-electron chi connectivity index (χ1n) is 7.29. The number of aldehydes is 1. The normalized spacial score (nSPS) is 16.7. The molecule has 20 heavy (non-hydrogen) atoms. The number of carbonyl (C=O) groups is 2. The van der Waals surface area contributed by atoms with Crippen LogP contribution in [0.3, 0.4) is 0 Å². The van der Waals surface area contributed by atoms with Gasteiger partial charge in [0.1, 0.15) is 0 Å². The highest BCUT2D eigenvalue weighted by atomic mass is 16.2. The summed E-state index contributed by atoms with van der Waals surface area (Å²) in [5.74, 6) is 0.430. The van der Waals surface area contributed by atoms with Crippen LogP contribution in [0.5, 0.6) is 0 Å². The van der Waals surface area contributed by atoms with Crippen molar-refractivity contribution in [2.24, 2.45) is 5.92 Å². The predicted octanol–water partition coefficient (Wildman–Crippen LogP) is 3.31. The van der Waals surface area contributed by atoms with E-state index in [1.54, 1.807) is 6.08 Å². The third-order valence-corrected chi connectivity index (χ3v) is 3.73. The Morgan fingerprint density at radius 3 is 2.50 bits per heavy atom. The summed E-state index contributed by atoms with van der Waals surface area (Å²) >= 11 is 0. The number of allylic oxidation sites excluding steroid dienone is 1. The number of rotatable bonds is 5. The zero-order chi connectivity index (χ0) is 14.2. The molecule has 0 atom stereocenters. The summed E-state index contributed by atoms with van der Waals surface area (Å²) < 4.78 is 0. The first kappa shape index (κ1) is 14.5. The van der Waals surface area contributed by atoms with Crippen LogP contribution in [0.15, 0.2) is 36.0 Å². The van der Waals surface area contributed by atoms with Gasteiger partial charge in [-0.25, -0.2) is 0 Å². The summed E-state index contributed by atoms with van der Waals surface area (Å²) in [7, 11) is 0. The van der Waals surface area contributed by atoms with Crippen LogP contribution in [0, 0.1) is 5.92 Å². The molecule has 0 spiro atoms. The molecule has 0 bridgehead atoms. The topological polar surface area (TPSA) is 46.2 Å². The monoisotopic (exact) mass is 271 g/mol. The van der Waals surface area contributed by atoms with Crippen molar-refractivity contribution >= 4 is 18.3 Å². The van der Waals surface area contributed by atoms with E-state index in [9.17, 15) is 9.59 Å². The van der Waals surface area contributed by atoms with Gasteiger partial charge >= 0.3 is 0 Å². The molecule has 1 aromatic carbocycles. The standard InChI is InChI=1S/C17H21NO2/c19-13-16(11-14-7-3-1-4-8-14)18-17(20)12-15-9-5-2-6-10-15/h1,3-4,7-8,11,13,15H,2,5-6,9-10,12H2,(H,18,20). The van der Waals surface area contributed by atoms with Crippen molar-refractivity contribution in [3.8, 4) is 0 Å². The number of hydrogen-bond acceptors (Lipinski definition) is 2. The lowest BCUT2D eigenvalue weighted by molar-refractivity contribution is -0.122. The number of nitrogens with one attached hydrogen (secondary N) is 1. The minimum absolute atomic E-state index is 0.0498. The number of carbonyl (C=O) groups excluding carboxylic acids is 2. The Morgan fingerprint density at radius 2 is 1.85 bits per heavy atom. The van der Waals surface area contributed by atoms with Gasteiger partial charge in [0.15, 0.2) is 6.29 Å². The lowest BCUT2D eigenvalue weighted by Gasteiger charge is -2.20. The van der Waals surface area contributed by atoms with E-state index >= 15 is 0 Å². The van der Waals surface area contributed by atoms with E-state index in [0.717, 1.165) is 18.4 Å². The van der Waals surface area contributed by atoms with Crippen molar-refractivity contribution in [3.05, 3.63) is 41.6 Å². The molecule has 0 unspecified atom stereocenters. The van der Waals surface area contributed by atoms with Crippen LogP contribution in [0.1, 0.15) is 44.1 Å². The zero-order valence-electron chi connectivity index (χ0n) is 11.7. The largest absolute Gasteiger partial charge is 0.323 e. The molecular formula is C17H21NO2. The zero-order valence-corrected chi connectivity index (χ0v) is 11.7. The van der Waals surface area contributed by atoms with Gasteiger partial charge in [-0.1, -0.05) is 49.6 Å². The molecule has 1 N–H and O–H groups in total. The Kier molecular flexibility index (Phi) is 5.54. The van der Waals surface area contributed by atoms with Crippen molar-refractivity contribution in [2.45, 2.75) is 38.5 Å². The maximum absolute atomic E-state index is 12.0. The molecule has 1 aliphatic rings. The molecule has 0 aliphatic heterocycles. The summed E-state index contributed by atoms with van der Waals surface area (Å²) in [6.45, 7) is 0. The quantitative estimate of drug-likeness (QED) is 0.659. The van der Waals surface area contributed by atoms with Crippen LogP contribution < -0.4 is 5.32 Å². The Hall–Kier alpha value is -1.90. The molecule has 1 aromatic rings. The van der Waals surface area contributed by atoms with Gasteiger partial charge in [0.05, 0.1) is 5.70 Å². The van der Waals surface area contributed by atoms with E-state index in [1.807, 2.05) is 30.3 Å². The van der Waals surface area contributed by atoms with E-state index in [-0.39, 0.29) is 5.91 Å². The maximum atomic E-state index is 12.0. The van der Waals surface area contributed by atoms with E-state index in [0.29, 0.717) is 24.3 Å². The van der Waals surface area contributed by atoms with Gasteiger partial charge in [0.2, 0.25) is 5.91 Å². The highest BCUT2D eigenvalue weighted by molar-refractivity contribution is 5.90. The number of amides is 1. The Morgan fingerprint density at radius 1 is 1.15 bits per heavy atom. The molecule has 0 saturated heterocycles. The Balaban J connectivity index is 1.90. The first-order chi connectivity index (χ1) is 9.78. The SMILES string of the molecule is O=CC(=Cc1ccccc1)NC(=O)CC1CCCCC1. The second kappa shape index (κ2) is 7.63. The maximum Gasteiger partial charge on any atom is 0.224 e. The van der Waals surface area contributed by atoms with Crippen LogP contribution in [0.2, 0.25) is 0 Å². The smallest absolute Gasteiger partial charge is 0.224 e. The highest BCUT2D eigenvalue weighted by Crippen LogP contribution is 2.26. The molecule has 2 rings (SSSR count). The molecular weight excluding hydrogens is 250 g/mol. The minimum atomic E-state index is -0.0498. The fourth-order valence-corrected chi connectivity index (χ4v) is 2.69. The molecule has 3 nitrogen and oxygen atoms in total. The molecule has 0 heterocycles. The Bertz CT molecular complexity index is 473.